The monoisotopic (exact) mass is 301 g/mol. The summed E-state index contributed by atoms with van der Waals surface area (Å²) in [5.74, 6) is -0.405. The van der Waals surface area contributed by atoms with Crippen molar-refractivity contribution in [3.63, 3.8) is 0 Å². The molecule has 4 N–H and O–H groups in total. The van der Waals surface area contributed by atoms with Crippen molar-refractivity contribution in [3.8, 4) is 11.3 Å². The molecule has 1 amide bonds. The highest BCUT2D eigenvalue weighted by atomic mass is 16.3. The third kappa shape index (κ3) is 3.03. The Morgan fingerprint density at radius 3 is 2.77 bits per heavy atom. The third-order valence-electron chi connectivity index (χ3n) is 4.12. The number of carbonyl (C=O) groups is 1. The van der Waals surface area contributed by atoms with Gasteiger partial charge in [0.15, 0.2) is 0 Å². The van der Waals surface area contributed by atoms with E-state index in [1.54, 1.807) is 6.07 Å². The van der Waals surface area contributed by atoms with Gasteiger partial charge in [-0.1, -0.05) is 30.3 Å². The number of rotatable bonds is 4. The van der Waals surface area contributed by atoms with Gasteiger partial charge in [-0.15, -0.1) is 0 Å². The van der Waals surface area contributed by atoms with Gasteiger partial charge in [0.1, 0.15) is 5.69 Å². The van der Waals surface area contributed by atoms with Crippen LogP contribution in [0.3, 0.4) is 0 Å². The summed E-state index contributed by atoms with van der Waals surface area (Å²) in [7, 11) is 0. The van der Waals surface area contributed by atoms with E-state index in [-0.39, 0.29) is 24.5 Å². The van der Waals surface area contributed by atoms with Crippen LogP contribution in [0.1, 0.15) is 23.3 Å². The number of hydrogen-bond donors (Lipinski definition) is 4. The Labute approximate surface area is 128 Å². The number of carbonyl (C=O) groups excluding carboxylic acids is 1. The number of aromatic amines is 1. The van der Waals surface area contributed by atoms with Crippen molar-refractivity contribution in [2.45, 2.75) is 25.0 Å². The van der Waals surface area contributed by atoms with Crippen LogP contribution in [0.5, 0.6) is 0 Å². The minimum Gasteiger partial charge on any atom is -0.396 e. The van der Waals surface area contributed by atoms with Gasteiger partial charge in [-0.3, -0.25) is 9.89 Å². The minimum absolute atomic E-state index is 0.0598. The number of nitrogens with zero attached hydrogens (tertiary/aromatic N) is 1. The van der Waals surface area contributed by atoms with Gasteiger partial charge in [0, 0.05) is 24.1 Å². The van der Waals surface area contributed by atoms with Crippen molar-refractivity contribution in [2.75, 3.05) is 6.61 Å². The summed E-state index contributed by atoms with van der Waals surface area (Å²) >= 11 is 0. The lowest BCUT2D eigenvalue weighted by molar-refractivity contribution is 0.0902. The lowest BCUT2D eigenvalue weighted by Gasteiger charge is -2.11. The van der Waals surface area contributed by atoms with Crippen LogP contribution in [-0.4, -0.2) is 45.1 Å². The van der Waals surface area contributed by atoms with Gasteiger partial charge in [0.25, 0.3) is 5.91 Å². The first-order valence-corrected chi connectivity index (χ1v) is 7.38. The van der Waals surface area contributed by atoms with Gasteiger partial charge >= 0.3 is 0 Å². The van der Waals surface area contributed by atoms with Gasteiger partial charge in [-0.05, 0) is 18.9 Å². The fourth-order valence-corrected chi connectivity index (χ4v) is 2.87. The van der Waals surface area contributed by atoms with E-state index in [1.165, 1.54) is 0 Å². The zero-order chi connectivity index (χ0) is 15.5. The highest BCUT2D eigenvalue weighted by molar-refractivity contribution is 5.93. The fraction of sp³-hybridized carbons (Fsp3) is 0.375. The van der Waals surface area contributed by atoms with Crippen molar-refractivity contribution in [1.29, 1.82) is 0 Å². The molecule has 0 bridgehead atoms. The molecule has 1 fully saturated rings. The first kappa shape index (κ1) is 14.7. The Morgan fingerprint density at radius 1 is 1.32 bits per heavy atom. The molecular formula is C16H19N3O3. The Morgan fingerprint density at radius 2 is 2.09 bits per heavy atom. The summed E-state index contributed by atoms with van der Waals surface area (Å²) in [6.45, 7) is -0.0598. The van der Waals surface area contributed by atoms with E-state index in [0.29, 0.717) is 24.2 Å². The second kappa shape index (κ2) is 6.29. The van der Waals surface area contributed by atoms with Gasteiger partial charge < -0.3 is 15.5 Å². The quantitative estimate of drug-likeness (QED) is 0.675. The average Bonchev–Trinajstić information content (AvgIpc) is 3.15. The second-order valence-corrected chi connectivity index (χ2v) is 5.68. The van der Waals surface area contributed by atoms with Crippen molar-refractivity contribution in [2.24, 2.45) is 5.92 Å². The molecule has 116 valence electrons. The predicted molar refractivity (Wildman–Crippen MR) is 81.1 cm³/mol. The van der Waals surface area contributed by atoms with Crippen molar-refractivity contribution >= 4 is 5.91 Å². The summed E-state index contributed by atoms with van der Waals surface area (Å²) in [5.41, 5.74) is 2.04. The van der Waals surface area contributed by atoms with E-state index in [9.17, 15) is 9.90 Å². The molecule has 1 aliphatic carbocycles. The molecule has 1 aromatic carbocycles. The Kier molecular flexibility index (Phi) is 4.22. The zero-order valence-corrected chi connectivity index (χ0v) is 12.1. The lowest BCUT2D eigenvalue weighted by Crippen LogP contribution is -2.33. The molecular weight excluding hydrogens is 282 g/mol. The smallest absolute Gasteiger partial charge is 0.269 e. The Balaban J connectivity index is 1.65. The maximum atomic E-state index is 12.2. The van der Waals surface area contributed by atoms with E-state index in [0.717, 1.165) is 5.56 Å². The number of nitrogens with one attached hydrogen (secondary N) is 2. The van der Waals surface area contributed by atoms with E-state index in [1.807, 2.05) is 30.3 Å². The number of amides is 1. The summed E-state index contributed by atoms with van der Waals surface area (Å²) < 4.78 is 0. The topological polar surface area (TPSA) is 98.2 Å². The fourth-order valence-electron chi connectivity index (χ4n) is 2.87. The number of H-pyrrole nitrogens is 1. The van der Waals surface area contributed by atoms with E-state index in [4.69, 9.17) is 5.11 Å². The normalized spacial score (nSPS) is 24.4. The molecule has 6 heteroatoms. The molecule has 1 heterocycles. The maximum Gasteiger partial charge on any atom is 0.269 e. The first-order chi connectivity index (χ1) is 10.7. The molecule has 6 nitrogen and oxygen atoms in total. The van der Waals surface area contributed by atoms with Gasteiger partial charge in [0.05, 0.1) is 11.8 Å². The second-order valence-electron chi connectivity index (χ2n) is 5.68. The van der Waals surface area contributed by atoms with E-state index in [2.05, 4.69) is 15.5 Å². The SMILES string of the molecule is O=C(N[C@@H]1C[C@H](CO)[C@H](O)C1)c1cc(-c2ccccc2)n[nH]1. The first-order valence-electron chi connectivity index (χ1n) is 7.38. The highest BCUT2D eigenvalue weighted by Crippen LogP contribution is 2.26. The Bertz CT molecular complexity index is 641. The highest BCUT2D eigenvalue weighted by Gasteiger charge is 2.33. The molecule has 0 aliphatic heterocycles. The van der Waals surface area contributed by atoms with Crippen LogP contribution in [0.25, 0.3) is 11.3 Å². The number of aliphatic hydroxyl groups excluding tert-OH is 2. The molecule has 2 aromatic rings. The number of hydrogen-bond acceptors (Lipinski definition) is 4. The van der Waals surface area contributed by atoms with Crippen molar-refractivity contribution in [3.05, 3.63) is 42.1 Å². The van der Waals surface area contributed by atoms with Gasteiger partial charge in [-0.25, -0.2) is 0 Å². The molecule has 3 atom stereocenters. The minimum atomic E-state index is -0.558. The molecule has 0 spiro atoms. The predicted octanol–water partition coefficient (Wildman–Crippen LogP) is 0.938. The molecule has 0 saturated heterocycles. The third-order valence-corrected chi connectivity index (χ3v) is 4.12. The molecule has 0 unspecified atom stereocenters. The summed E-state index contributed by atoms with van der Waals surface area (Å²) in [5, 5.41) is 28.7. The van der Waals surface area contributed by atoms with Crippen LogP contribution in [0.2, 0.25) is 0 Å². The number of benzene rings is 1. The molecule has 1 aliphatic rings. The van der Waals surface area contributed by atoms with Gasteiger partial charge in [0.2, 0.25) is 0 Å². The molecule has 3 rings (SSSR count). The molecule has 22 heavy (non-hydrogen) atoms. The summed E-state index contributed by atoms with van der Waals surface area (Å²) in [6.07, 6.45) is 0.497. The standard InChI is InChI=1S/C16H19N3O3/c20-9-11-6-12(7-15(11)21)17-16(22)14-8-13(18-19-14)10-4-2-1-3-5-10/h1-5,8,11-12,15,20-21H,6-7,9H2,(H,17,22)(H,18,19)/t11-,12-,15-/m1/s1. The van der Waals surface area contributed by atoms with Crippen molar-refractivity contribution in [1.82, 2.24) is 15.5 Å². The van der Waals surface area contributed by atoms with Crippen LogP contribution in [0.4, 0.5) is 0 Å². The van der Waals surface area contributed by atoms with Crippen LogP contribution in [0.15, 0.2) is 36.4 Å². The maximum absolute atomic E-state index is 12.2. The van der Waals surface area contributed by atoms with Crippen LogP contribution in [0, 0.1) is 5.92 Å². The van der Waals surface area contributed by atoms with Crippen LogP contribution in [-0.2, 0) is 0 Å². The van der Waals surface area contributed by atoms with Crippen LogP contribution >= 0.6 is 0 Å². The summed E-state index contributed by atoms with van der Waals surface area (Å²) in [6, 6.07) is 11.2. The van der Waals surface area contributed by atoms with E-state index < -0.39 is 6.10 Å². The lowest BCUT2D eigenvalue weighted by atomic mass is 10.1. The molecule has 1 aromatic heterocycles. The van der Waals surface area contributed by atoms with E-state index >= 15 is 0 Å². The largest absolute Gasteiger partial charge is 0.396 e. The average molecular weight is 301 g/mol. The van der Waals surface area contributed by atoms with Crippen LogP contribution < -0.4 is 5.32 Å². The number of aliphatic hydroxyl groups is 2. The molecule has 1 saturated carbocycles. The van der Waals surface area contributed by atoms with Gasteiger partial charge in [-0.2, -0.15) is 5.10 Å². The van der Waals surface area contributed by atoms with Crippen molar-refractivity contribution < 1.29 is 15.0 Å². The number of aromatic nitrogens is 2. The Hall–Kier alpha value is -2.18. The zero-order valence-electron chi connectivity index (χ0n) is 12.1. The molecule has 0 radical (unpaired) electrons. The summed E-state index contributed by atoms with van der Waals surface area (Å²) in [4.78, 5) is 12.2.